The van der Waals surface area contributed by atoms with Crippen molar-refractivity contribution in [1.82, 2.24) is 10.2 Å². The molecule has 0 saturated heterocycles. The molecule has 1 unspecified atom stereocenters. The normalized spacial score (nSPS) is 11.6. The molecule has 0 aliphatic heterocycles. The molecule has 2 aromatic rings. The summed E-state index contributed by atoms with van der Waals surface area (Å²) in [5, 5.41) is 2.83. The maximum Gasteiger partial charge on any atom is 0.261 e. The lowest BCUT2D eigenvalue weighted by atomic mass is 10.1. The van der Waals surface area contributed by atoms with E-state index in [1.807, 2.05) is 70.2 Å². The lowest BCUT2D eigenvalue weighted by Gasteiger charge is -2.30. The number of benzene rings is 2. The van der Waals surface area contributed by atoms with Gasteiger partial charge < -0.3 is 15.0 Å². The minimum atomic E-state index is -0.542. The number of halogens is 1. The van der Waals surface area contributed by atoms with E-state index in [0.717, 1.165) is 21.2 Å². The van der Waals surface area contributed by atoms with E-state index in [4.69, 9.17) is 4.74 Å². The van der Waals surface area contributed by atoms with Crippen LogP contribution in [-0.2, 0) is 16.1 Å². The van der Waals surface area contributed by atoms with Gasteiger partial charge in [-0.3, -0.25) is 9.59 Å². The number of hydrogen-bond acceptors (Lipinski definition) is 3. The zero-order chi connectivity index (χ0) is 21.4. The molecule has 156 valence electrons. The first kappa shape index (κ1) is 22.9. The van der Waals surface area contributed by atoms with Crippen LogP contribution in [0.4, 0.5) is 0 Å². The zero-order valence-corrected chi connectivity index (χ0v) is 19.1. The Morgan fingerprint density at radius 3 is 2.28 bits per heavy atom. The van der Waals surface area contributed by atoms with Crippen LogP contribution in [0, 0.1) is 13.8 Å². The Balaban J connectivity index is 2.20. The third kappa shape index (κ3) is 6.32. The molecule has 6 heteroatoms. The number of likely N-dealkylation sites (N-methyl/N-ethyl adjacent to an activating group) is 1. The average Bonchev–Trinajstić information content (AvgIpc) is 2.71. The van der Waals surface area contributed by atoms with Crippen molar-refractivity contribution in [2.45, 2.75) is 46.7 Å². The number of ether oxygens (including phenoxy) is 1. The van der Waals surface area contributed by atoms with E-state index in [9.17, 15) is 9.59 Å². The Bertz CT molecular complexity index is 816. The zero-order valence-electron chi connectivity index (χ0n) is 17.5. The van der Waals surface area contributed by atoms with Crippen molar-refractivity contribution >= 4 is 27.7 Å². The Morgan fingerprint density at radius 1 is 1.10 bits per heavy atom. The fourth-order valence-corrected chi connectivity index (χ4v) is 3.44. The summed E-state index contributed by atoms with van der Waals surface area (Å²) in [5.41, 5.74) is 3.06. The maximum absolute atomic E-state index is 13.1. The van der Waals surface area contributed by atoms with Crippen LogP contribution in [0.5, 0.6) is 5.75 Å². The van der Waals surface area contributed by atoms with E-state index in [0.29, 0.717) is 25.3 Å². The van der Waals surface area contributed by atoms with Gasteiger partial charge in [-0.1, -0.05) is 53.2 Å². The van der Waals surface area contributed by atoms with Crippen molar-refractivity contribution in [2.24, 2.45) is 0 Å². The molecule has 1 atom stereocenters. The Morgan fingerprint density at radius 2 is 1.72 bits per heavy atom. The molecule has 2 aromatic carbocycles. The molecule has 5 nitrogen and oxygen atoms in total. The first-order valence-electron chi connectivity index (χ1n) is 9.88. The molecule has 0 saturated carbocycles. The number of rotatable bonds is 9. The molecule has 0 aliphatic rings. The molecule has 2 amide bonds. The SMILES string of the molecule is CCNC(=O)C(CC)N(Cc1ccccc1)C(=O)COc1cc(C)c(Br)c(C)c1. The fourth-order valence-electron chi connectivity index (χ4n) is 3.21. The van der Waals surface area contributed by atoms with E-state index >= 15 is 0 Å². The number of carbonyl (C=O) groups is 2. The molecule has 0 bridgehead atoms. The van der Waals surface area contributed by atoms with Crippen LogP contribution in [0.25, 0.3) is 0 Å². The highest BCUT2D eigenvalue weighted by Gasteiger charge is 2.28. The van der Waals surface area contributed by atoms with Gasteiger partial charge >= 0.3 is 0 Å². The minimum absolute atomic E-state index is 0.122. The van der Waals surface area contributed by atoms with E-state index in [-0.39, 0.29) is 18.4 Å². The standard InChI is InChI=1S/C23H29BrN2O3/c1-5-20(23(28)25-6-2)26(14-18-10-8-7-9-11-18)21(27)15-29-19-12-16(3)22(24)17(4)13-19/h7-13,20H,5-6,14-15H2,1-4H3,(H,25,28). The number of hydrogen-bond donors (Lipinski definition) is 1. The summed E-state index contributed by atoms with van der Waals surface area (Å²) in [5.74, 6) is 0.280. The van der Waals surface area contributed by atoms with Gasteiger partial charge in [-0.2, -0.15) is 0 Å². The van der Waals surface area contributed by atoms with Crippen molar-refractivity contribution in [3.05, 3.63) is 63.6 Å². The van der Waals surface area contributed by atoms with E-state index in [1.54, 1.807) is 4.90 Å². The van der Waals surface area contributed by atoms with Gasteiger partial charge in [-0.05, 0) is 56.0 Å². The summed E-state index contributed by atoms with van der Waals surface area (Å²) < 4.78 is 6.83. The van der Waals surface area contributed by atoms with Crippen LogP contribution in [0.1, 0.15) is 37.0 Å². The van der Waals surface area contributed by atoms with Crippen molar-refractivity contribution in [3.63, 3.8) is 0 Å². The van der Waals surface area contributed by atoms with Gasteiger partial charge in [-0.25, -0.2) is 0 Å². The number of amides is 2. The van der Waals surface area contributed by atoms with Crippen molar-refractivity contribution in [2.75, 3.05) is 13.2 Å². The molecular weight excluding hydrogens is 432 g/mol. The van der Waals surface area contributed by atoms with Gasteiger partial charge in [0.25, 0.3) is 5.91 Å². The van der Waals surface area contributed by atoms with Crippen LogP contribution in [0.15, 0.2) is 46.9 Å². The van der Waals surface area contributed by atoms with Gasteiger partial charge in [0, 0.05) is 17.6 Å². The highest BCUT2D eigenvalue weighted by Crippen LogP contribution is 2.26. The van der Waals surface area contributed by atoms with Crippen molar-refractivity contribution in [3.8, 4) is 5.75 Å². The molecular formula is C23H29BrN2O3. The molecule has 1 N–H and O–H groups in total. The average molecular weight is 461 g/mol. The van der Waals surface area contributed by atoms with Gasteiger partial charge in [0.05, 0.1) is 0 Å². The highest BCUT2D eigenvalue weighted by atomic mass is 79.9. The van der Waals surface area contributed by atoms with Crippen LogP contribution in [-0.4, -0.2) is 35.9 Å². The monoisotopic (exact) mass is 460 g/mol. The summed E-state index contributed by atoms with van der Waals surface area (Å²) in [6.45, 7) is 8.51. The summed E-state index contributed by atoms with van der Waals surface area (Å²) in [6, 6.07) is 12.9. The summed E-state index contributed by atoms with van der Waals surface area (Å²) in [6.07, 6.45) is 0.529. The lowest BCUT2D eigenvalue weighted by molar-refractivity contribution is -0.142. The second kappa shape index (κ2) is 11.0. The predicted octanol–water partition coefficient (Wildman–Crippen LogP) is 4.39. The lowest BCUT2D eigenvalue weighted by Crippen LogP contribution is -2.50. The number of aryl methyl sites for hydroxylation is 2. The second-order valence-electron chi connectivity index (χ2n) is 6.99. The molecule has 0 fully saturated rings. The van der Waals surface area contributed by atoms with Crippen LogP contribution < -0.4 is 10.1 Å². The van der Waals surface area contributed by atoms with Gasteiger partial charge in [0.1, 0.15) is 11.8 Å². The van der Waals surface area contributed by atoms with Crippen LogP contribution in [0.2, 0.25) is 0 Å². The molecule has 0 aliphatic carbocycles. The largest absolute Gasteiger partial charge is 0.484 e. The van der Waals surface area contributed by atoms with Crippen molar-refractivity contribution in [1.29, 1.82) is 0 Å². The Hall–Kier alpha value is -2.34. The van der Waals surface area contributed by atoms with Gasteiger partial charge in [-0.15, -0.1) is 0 Å². The fraction of sp³-hybridized carbons (Fsp3) is 0.391. The summed E-state index contributed by atoms with van der Waals surface area (Å²) >= 11 is 3.54. The second-order valence-corrected chi connectivity index (χ2v) is 7.78. The van der Waals surface area contributed by atoms with Crippen molar-refractivity contribution < 1.29 is 14.3 Å². The molecule has 0 spiro atoms. The third-order valence-corrected chi connectivity index (χ3v) is 5.96. The topological polar surface area (TPSA) is 58.6 Å². The molecule has 0 aromatic heterocycles. The van der Waals surface area contributed by atoms with E-state index in [2.05, 4.69) is 21.2 Å². The quantitative estimate of drug-likeness (QED) is 0.603. The van der Waals surface area contributed by atoms with Gasteiger partial charge in [0.15, 0.2) is 6.61 Å². The third-order valence-electron chi connectivity index (χ3n) is 4.70. The van der Waals surface area contributed by atoms with E-state index in [1.165, 1.54) is 0 Å². The first-order chi connectivity index (χ1) is 13.9. The number of carbonyl (C=O) groups excluding carboxylic acids is 2. The Kier molecular flexibility index (Phi) is 8.70. The highest BCUT2D eigenvalue weighted by molar-refractivity contribution is 9.10. The van der Waals surface area contributed by atoms with Gasteiger partial charge in [0.2, 0.25) is 5.91 Å². The minimum Gasteiger partial charge on any atom is -0.484 e. The van der Waals surface area contributed by atoms with Crippen LogP contribution in [0.3, 0.4) is 0 Å². The molecule has 2 rings (SSSR count). The summed E-state index contributed by atoms with van der Waals surface area (Å²) in [4.78, 5) is 27.2. The number of nitrogens with zero attached hydrogens (tertiary/aromatic N) is 1. The molecule has 29 heavy (non-hydrogen) atoms. The van der Waals surface area contributed by atoms with Crippen LogP contribution >= 0.6 is 15.9 Å². The predicted molar refractivity (Wildman–Crippen MR) is 119 cm³/mol. The Labute approximate surface area is 181 Å². The molecule has 0 heterocycles. The van der Waals surface area contributed by atoms with E-state index < -0.39 is 6.04 Å². The first-order valence-corrected chi connectivity index (χ1v) is 10.7. The smallest absolute Gasteiger partial charge is 0.261 e. The molecule has 0 radical (unpaired) electrons. The summed E-state index contributed by atoms with van der Waals surface area (Å²) in [7, 11) is 0. The number of nitrogens with one attached hydrogen (secondary N) is 1. The maximum atomic E-state index is 13.1.